The van der Waals surface area contributed by atoms with Gasteiger partial charge in [-0.05, 0) is 39.2 Å². The fourth-order valence-corrected chi connectivity index (χ4v) is 3.25. The predicted octanol–water partition coefficient (Wildman–Crippen LogP) is 1.04. The summed E-state index contributed by atoms with van der Waals surface area (Å²) in [5.41, 5.74) is -0.411. The zero-order valence-corrected chi connectivity index (χ0v) is 11.6. The third kappa shape index (κ3) is 2.54. The molecule has 3 atom stereocenters. The number of carbonyl (C=O) groups is 1. The maximum atomic E-state index is 12.4. The summed E-state index contributed by atoms with van der Waals surface area (Å²) >= 11 is 0. The third-order valence-electron chi connectivity index (χ3n) is 4.89. The second-order valence-electron chi connectivity index (χ2n) is 6.57. The highest BCUT2D eigenvalue weighted by Crippen LogP contribution is 2.38. The van der Waals surface area contributed by atoms with E-state index in [1.165, 1.54) is 0 Å². The summed E-state index contributed by atoms with van der Waals surface area (Å²) in [5.74, 6) is 0.154. The normalized spacial score (nSPS) is 40.7. The molecule has 104 valence electrons. The molecule has 4 heteroatoms. The Kier molecular flexibility index (Phi) is 3.97. The molecule has 0 spiro atoms. The van der Waals surface area contributed by atoms with Gasteiger partial charge >= 0.3 is 0 Å². The number of aliphatic hydroxyl groups excluding tert-OH is 1. The van der Waals surface area contributed by atoms with Crippen molar-refractivity contribution < 1.29 is 9.90 Å². The Morgan fingerprint density at radius 1 is 1.39 bits per heavy atom. The van der Waals surface area contributed by atoms with Crippen molar-refractivity contribution in [3.05, 3.63) is 0 Å². The van der Waals surface area contributed by atoms with Crippen LogP contribution in [0, 0.1) is 10.8 Å². The van der Waals surface area contributed by atoms with Gasteiger partial charge in [0.25, 0.3) is 0 Å². The van der Waals surface area contributed by atoms with E-state index in [1.54, 1.807) is 0 Å². The quantitative estimate of drug-likeness (QED) is 0.705. The van der Waals surface area contributed by atoms with Crippen LogP contribution in [0.1, 0.15) is 46.0 Å². The largest absolute Gasteiger partial charge is 0.396 e. The topological polar surface area (TPSA) is 61.4 Å². The molecule has 3 N–H and O–H groups in total. The zero-order valence-electron chi connectivity index (χ0n) is 11.6. The molecular formula is C14H26N2O2. The summed E-state index contributed by atoms with van der Waals surface area (Å²) in [6.07, 6.45) is 5.10. The van der Waals surface area contributed by atoms with Crippen LogP contribution < -0.4 is 10.6 Å². The van der Waals surface area contributed by atoms with E-state index in [-0.39, 0.29) is 29.4 Å². The van der Waals surface area contributed by atoms with Gasteiger partial charge in [-0.3, -0.25) is 4.79 Å². The van der Waals surface area contributed by atoms with Gasteiger partial charge in [-0.15, -0.1) is 0 Å². The highest BCUT2D eigenvalue weighted by atomic mass is 16.3. The van der Waals surface area contributed by atoms with Gasteiger partial charge in [0, 0.05) is 18.0 Å². The number of amides is 1. The predicted molar refractivity (Wildman–Crippen MR) is 71.2 cm³/mol. The summed E-state index contributed by atoms with van der Waals surface area (Å²) in [7, 11) is 0. The fourth-order valence-electron chi connectivity index (χ4n) is 3.25. The smallest absolute Gasteiger partial charge is 0.227 e. The van der Waals surface area contributed by atoms with E-state index in [4.69, 9.17) is 0 Å². The molecular weight excluding hydrogens is 228 g/mol. The summed E-state index contributed by atoms with van der Waals surface area (Å²) in [5, 5.41) is 16.0. The molecule has 0 aromatic carbocycles. The van der Waals surface area contributed by atoms with Gasteiger partial charge in [-0.25, -0.2) is 0 Å². The molecule has 2 fully saturated rings. The van der Waals surface area contributed by atoms with E-state index < -0.39 is 0 Å². The van der Waals surface area contributed by atoms with E-state index in [0.717, 1.165) is 45.2 Å². The van der Waals surface area contributed by atoms with Crippen molar-refractivity contribution in [2.75, 3.05) is 19.7 Å². The highest BCUT2D eigenvalue weighted by molar-refractivity contribution is 5.83. The molecule has 0 bridgehead atoms. The molecule has 4 nitrogen and oxygen atoms in total. The van der Waals surface area contributed by atoms with Crippen LogP contribution in [0.5, 0.6) is 0 Å². The number of hydrogen-bond acceptors (Lipinski definition) is 3. The summed E-state index contributed by atoms with van der Waals surface area (Å²) < 4.78 is 0. The fraction of sp³-hybridized carbons (Fsp3) is 0.929. The molecule has 2 rings (SSSR count). The van der Waals surface area contributed by atoms with Gasteiger partial charge in [0.1, 0.15) is 0 Å². The number of rotatable bonds is 3. The maximum Gasteiger partial charge on any atom is 0.227 e. The van der Waals surface area contributed by atoms with Crippen molar-refractivity contribution in [1.82, 2.24) is 10.6 Å². The minimum Gasteiger partial charge on any atom is -0.396 e. The first-order valence-electron chi connectivity index (χ1n) is 7.13. The number of aliphatic hydroxyl groups is 1. The average Bonchev–Trinajstić information content (AvgIpc) is 2.73. The molecule has 0 aromatic rings. The van der Waals surface area contributed by atoms with Crippen LogP contribution in [0.3, 0.4) is 0 Å². The molecule has 18 heavy (non-hydrogen) atoms. The lowest BCUT2D eigenvalue weighted by Gasteiger charge is -2.37. The second kappa shape index (κ2) is 5.17. The summed E-state index contributed by atoms with van der Waals surface area (Å²) in [4.78, 5) is 12.4. The van der Waals surface area contributed by atoms with E-state index in [2.05, 4.69) is 17.6 Å². The van der Waals surface area contributed by atoms with Gasteiger partial charge in [0.2, 0.25) is 5.91 Å². The van der Waals surface area contributed by atoms with Crippen LogP contribution in [-0.4, -0.2) is 36.8 Å². The molecule has 1 aliphatic heterocycles. The van der Waals surface area contributed by atoms with Crippen LogP contribution in [0.4, 0.5) is 0 Å². The van der Waals surface area contributed by atoms with Gasteiger partial charge < -0.3 is 15.7 Å². The molecule has 0 radical (unpaired) electrons. The minimum absolute atomic E-state index is 0.131. The van der Waals surface area contributed by atoms with Crippen LogP contribution in [0.15, 0.2) is 0 Å². The Hall–Kier alpha value is -0.610. The van der Waals surface area contributed by atoms with Crippen molar-refractivity contribution in [2.45, 2.75) is 52.0 Å². The first kappa shape index (κ1) is 13.8. The summed E-state index contributed by atoms with van der Waals surface area (Å²) in [6.45, 7) is 6.06. The zero-order chi connectivity index (χ0) is 13.2. The Morgan fingerprint density at radius 2 is 2.17 bits per heavy atom. The number of piperidine rings is 1. The lowest BCUT2D eigenvalue weighted by molar-refractivity contribution is -0.132. The minimum atomic E-state index is -0.281. The Bertz CT molecular complexity index is 313. The maximum absolute atomic E-state index is 12.4. The van der Waals surface area contributed by atoms with Crippen molar-refractivity contribution >= 4 is 5.91 Å². The lowest BCUT2D eigenvalue weighted by Crippen LogP contribution is -2.54. The van der Waals surface area contributed by atoms with Gasteiger partial charge in [-0.1, -0.05) is 13.3 Å². The Balaban J connectivity index is 1.98. The van der Waals surface area contributed by atoms with E-state index in [0.29, 0.717) is 0 Å². The Labute approximate surface area is 110 Å². The number of nitrogens with one attached hydrogen (secondary N) is 2. The van der Waals surface area contributed by atoms with Crippen molar-refractivity contribution in [2.24, 2.45) is 10.8 Å². The lowest BCUT2D eigenvalue weighted by atomic mass is 9.80. The highest BCUT2D eigenvalue weighted by Gasteiger charge is 2.42. The SMILES string of the molecule is CC1(C(=O)NC2CCCC2(C)CO)CCCNC1. The first-order chi connectivity index (χ1) is 8.50. The van der Waals surface area contributed by atoms with Gasteiger partial charge in [0.05, 0.1) is 12.0 Å². The van der Waals surface area contributed by atoms with E-state index in [9.17, 15) is 9.90 Å². The monoisotopic (exact) mass is 254 g/mol. The third-order valence-corrected chi connectivity index (χ3v) is 4.89. The van der Waals surface area contributed by atoms with Crippen LogP contribution >= 0.6 is 0 Å². The van der Waals surface area contributed by atoms with Gasteiger partial charge in [0.15, 0.2) is 0 Å². The van der Waals surface area contributed by atoms with Crippen molar-refractivity contribution in [1.29, 1.82) is 0 Å². The molecule has 1 amide bonds. The molecule has 2 aliphatic rings. The van der Waals surface area contributed by atoms with Crippen molar-refractivity contribution in [3.8, 4) is 0 Å². The first-order valence-corrected chi connectivity index (χ1v) is 7.13. The molecule has 1 aliphatic carbocycles. The average molecular weight is 254 g/mol. The molecule has 1 heterocycles. The summed E-state index contributed by atoms with van der Waals surface area (Å²) in [6, 6.07) is 0.133. The van der Waals surface area contributed by atoms with E-state index >= 15 is 0 Å². The van der Waals surface area contributed by atoms with Crippen LogP contribution in [-0.2, 0) is 4.79 Å². The van der Waals surface area contributed by atoms with Crippen LogP contribution in [0.2, 0.25) is 0 Å². The molecule has 0 aromatic heterocycles. The number of carbonyl (C=O) groups excluding carboxylic acids is 1. The van der Waals surface area contributed by atoms with Crippen molar-refractivity contribution in [3.63, 3.8) is 0 Å². The second-order valence-corrected chi connectivity index (χ2v) is 6.57. The standard InChI is InChI=1S/C14H26N2O2/c1-13(7-4-8-15-9-13)12(18)16-11-5-3-6-14(11,2)10-17/h11,15,17H,3-10H2,1-2H3,(H,16,18). The number of hydrogen-bond donors (Lipinski definition) is 3. The van der Waals surface area contributed by atoms with E-state index in [1.807, 2.05) is 6.92 Å². The van der Waals surface area contributed by atoms with Crippen LogP contribution in [0.25, 0.3) is 0 Å². The molecule has 3 unspecified atom stereocenters. The molecule has 1 saturated carbocycles. The Morgan fingerprint density at radius 3 is 2.78 bits per heavy atom. The van der Waals surface area contributed by atoms with Gasteiger partial charge in [-0.2, -0.15) is 0 Å². The molecule has 1 saturated heterocycles.